The summed E-state index contributed by atoms with van der Waals surface area (Å²) in [5, 5.41) is 18.3. The summed E-state index contributed by atoms with van der Waals surface area (Å²) in [5.74, 6) is -0.791. The molecule has 0 amide bonds. The molecule has 1 aromatic heterocycles. The van der Waals surface area contributed by atoms with Gasteiger partial charge in [-0.2, -0.15) is 0 Å². The number of aliphatic hydroxyl groups is 1. The Morgan fingerprint density at radius 3 is 3.08 bits per heavy atom. The van der Waals surface area contributed by atoms with Crippen molar-refractivity contribution in [2.24, 2.45) is 5.92 Å². The van der Waals surface area contributed by atoms with E-state index >= 15 is 0 Å². The highest BCUT2D eigenvalue weighted by Crippen LogP contribution is 2.33. The molecule has 0 bridgehead atoms. The molecule has 0 radical (unpaired) electrons. The van der Waals surface area contributed by atoms with E-state index in [1.165, 1.54) is 6.26 Å². The van der Waals surface area contributed by atoms with Crippen LogP contribution in [0.2, 0.25) is 0 Å². The van der Waals surface area contributed by atoms with Gasteiger partial charge in [-0.25, -0.2) is 0 Å². The lowest BCUT2D eigenvalue weighted by atomic mass is 9.86. The van der Waals surface area contributed by atoms with Crippen LogP contribution < -0.4 is 0 Å². The number of fused-ring (bicyclic) bond motifs is 1. The van der Waals surface area contributed by atoms with Gasteiger partial charge in [-0.15, -0.1) is 0 Å². The molecular weight excluding hydrogens is 172 g/mol. The normalized spacial score (nSPS) is 26.8. The zero-order valence-corrected chi connectivity index (χ0v) is 6.93. The molecular formula is C9H10O4. The molecule has 1 heterocycles. The quantitative estimate of drug-likeness (QED) is 0.678. The number of hydrogen-bond donors (Lipinski definition) is 2. The summed E-state index contributed by atoms with van der Waals surface area (Å²) in [6, 6.07) is 1.69. The van der Waals surface area contributed by atoms with Crippen molar-refractivity contribution in [3.05, 3.63) is 23.7 Å². The van der Waals surface area contributed by atoms with Crippen molar-refractivity contribution in [3.63, 3.8) is 0 Å². The van der Waals surface area contributed by atoms with Crippen molar-refractivity contribution < 1.29 is 19.4 Å². The molecule has 70 valence electrons. The maximum absolute atomic E-state index is 10.7. The predicted octanol–water partition coefficient (Wildman–Crippen LogP) is 0.960. The molecule has 1 aliphatic rings. The molecule has 2 N–H and O–H groups in total. The Hall–Kier alpha value is -1.29. The van der Waals surface area contributed by atoms with Gasteiger partial charge in [0.05, 0.1) is 18.3 Å². The fraction of sp³-hybridized carbons (Fsp3) is 0.444. The Labute approximate surface area is 74.8 Å². The molecule has 2 unspecified atom stereocenters. The Morgan fingerprint density at radius 2 is 2.38 bits per heavy atom. The molecule has 1 aromatic rings. The molecule has 0 fully saturated rings. The highest BCUT2D eigenvalue weighted by molar-refractivity contribution is 5.70. The number of furan rings is 1. The summed E-state index contributed by atoms with van der Waals surface area (Å²) >= 11 is 0. The van der Waals surface area contributed by atoms with E-state index in [9.17, 15) is 9.90 Å². The summed E-state index contributed by atoms with van der Waals surface area (Å²) in [7, 11) is 0. The molecule has 2 rings (SSSR count). The van der Waals surface area contributed by atoms with Crippen LogP contribution in [-0.4, -0.2) is 16.2 Å². The van der Waals surface area contributed by atoms with Gasteiger partial charge in [0.1, 0.15) is 5.76 Å². The van der Waals surface area contributed by atoms with Gasteiger partial charge in [0.2, 0.25) is 0 Å². The second kappa shape index (κ2) is 2.88. The first kappa shape index (κ1) is 8.31. The third-order valence-electron chi connectivity index (χ3n) is 2.43. The molecule has 0 aromatic carbocycles. The maximum atomic E-state index is 10.7. The van der Waals surface area contributed by atoms with Crippen molar-refractivity contribution in [1.29, 1.82) is 0 Å². The van der Waals surface area contributed by atoms with E-state index < -0.39 is 18.0 Å². The Bertz CT molecular complexity index is 328. The summed E-state index contributed by atoms with van der Waals surface area (Å²) in [6.07, 6.45) is 1.46. The van der Waals surface area contributed by atoms with Crippen LogP contribution in [0.15, 0.2) is 16.7 Å². The molecule has 0 aliphatic heterocycles. The van der Waals surface area contributed by atoms with E-state index in [4.69, 9.17) is 9.52 Å². The van der Waals surface area contributed by atoms with E-state index in [1.807, 2.05) is 0 Å². The van der Waals surface area contributed by atoms with Crippen molar-refractivity contribution >= 4 is 5.97 Å². The standard InChI is InChI=1S/C9H10O4/c10-7-3-5(9(11)12)4-8-6(7)1-2-13-8/h1-2,5,7,10H,3-4H2,(H,11,12). The lowest BCUT2D eigenvalue weighted by Gasteiger charge is -2.21. The summed E-state index contributed by atoms with van der Waals surface area (Å²) in [6.45, 7) is 0. The number of rotatable bonds is 1. The van der Waals surface area contributed by atoms with E-state index in [2.05, 4.69) is 0 Å². The molecule has 1 aliphatic carbocycles. The molecule has 0 saturated heterocycles. The van der Waals surface area contributed by atoms with Gasteiger partial charge in [-0.3, -0.25) is 4.79 Å². The number of hydrogen-bond acceptors (Lipinski definition) is 3. The van der Waals surface area contributed by atoms with Crippen molar-refractivity contribution in [1.82, 2.24) is 0 Å². The van der Waals surface area contributed by atoms with E-state index in [-0.39, 0.29) is 6.42 Å². The predicted molar refractivity (Wildman–Crippen MR) is 43.1 cm³/mol. The lowest BCUT2D eigenvalue weighted by molar-refractivity contribution is -0.143. The molecule has 4 nitrogen and oxygen atoms in total. The van der Waals surface area contributed by atoms with Gasteiger partial charge < -0.3 is 14.6 Å². The van der Waals surface area contributed by atoms with Gasteiger partial charge in [0, 0.05) is 12.0 Å². The largest absolute Gasteiger partial charge is 0.481 e. The molecule has 0 saturated carbocycles. The maximum Gasteiger partial charge on any atom is 0.307 e. The zero-order chi connectivity index (χ0) is 9.42. The van der Waals surface area contributed by atoms with Crippen LogP contribution in [0, 0.1) is 5.92 Å². The topological polar surface area (TPSA) is 70.7 Å². The summed E-state index contributed by atoms with van der Waals surface area (Å²) < 4.78 is 5.08. The average molecular weight is 182 g/mol. The van der Waals surface area contributed by atoms with Gasteiger partial charge >= 0.3 is 5.97 Å². The lowest BCUT2D eigenvalue weighted by Crippen LogP contribution is -2.24. The van der Waals surface area contributed by atoms with Gasteiger partial charge in [-0.1, -0.05) is 0 Å². The van der Waals surface area contributed by atoms with Gasteiger partial charge in [0.15, 0.2) is 0 Å². The fourth-order valence-electron chi connectivity index (χ4n) is 1.71. The minimum Gasteiger partial charge on any atom is -0.481 e. The van der Waals surface area contributed by atoms with Gasteiger partial charge in [-0.05, 0) is 12.5 Å². The second-order valence-corrected chi connectivity index (χ2v) is 3.29. The third-order valence-corrected chi connectivity index (χ3v) is 2.43. The first-order valence-corrected chi connectivity index (χ1v) is 4.15. The van der Waals surface area contributed by atoms with Crippen molar-refractivity contribution in [2.75, 3.05) is 0 Å². The average Bonchev–Trinajstić information content (AvgIpc) is 2.51. The number of carbonyl (C=O) groups is 1. The first-order valence-electron chi connectivity index (χ1n) is 4.15. The highest BCUT2D eigenvalue weighted by atomic mass is 16.4. The van der Waals surface area contributed by atoms with E-state index in [0.29, 0.717) is 12.2 Å². The monoisotopic (exact) mass is 182 g/mol. The highest BCUT2D eigenvalue weighted by Gasteiger charge is 2.31. The minimum atomic E-state index is -0.874. The number of aliphatic hydroxyl groups excluding tert-OH is 1. The van der Waals surface area contributed by atoms with Crippen LogP contribution in [0.5, 0.6) is 0 Å². The summed E-state index contributed by atoms with van der Waals surface area (Å²) in [4.78, 5) is 10.7. The van der Waals surface area contributed by atoms with Crippen LogP contribution in [-0.2, 0) is 11.2 Å². The van der Waals surface area contributed by atoms with E-state index in [0.717, 1.165) is 5.56 Å². The van der Waals surface area contributed by atoms with Crippen LogP contribution in [0.3, 0.4) is 0 Å². The Morgan fingerprint density at radius 1 is 1.62 bits per heavy atom. The van der Waals surface area contributed by atoms with Crippen LogP contribution in [0.4, 0.5) is 0 Å². The van der Waals surface area contributed by atoms with Crippen molar-refractivity contribution in [2.45, 2.75) is 18.9 Å². The summed E-state index contributed by atoms with van der Waals surface area (Å²) in [5.41, 5.74) is 0.734. The molecule has 2 atom stereocenters. The third kappa shape index (κ3) is 1.33. The SMILES string of the molecule is O=C(O)C1Cc2occc2C(O)C1. The number of aliphatic carboxylic acids is 1. The van der Waals surface area contributed by atoms with Crippen LogP contribution in [0.1, 0.15) is 23.8 Å². The van der Waals surface area contributed by atoms with Crippen LogP contribution in [0.25, 0.3) is 0 Å². The Balaban J connectivity index is 2.28. The zero-order valence-electron chi connectivity index (χ0n) is 6.93. The minimum absolute atomic E-state index is 0.280. The molecule has 4 heteroatoms. The van der Waals surface area contributed by atoms with E-state index in [1.54, 1.807) is 6.07 Å². The molecule has 13 heavy (non-hydrogen) atoms. The Kier molecular flexibility index (Phi) is 1.84. The first-order chi connectivity index (χ1) is 6.18. The number of carboxylic acid groups (broad SMARTS) is 1. The number of carboxylic acids is 1. The smallest absolute Gasteiger partial charge is 0.307 e. The van der Waals surface area contributed by atoms with Gasteiger partial charge in [0.25, 0.3) is 0 Å². The fourth-order valence-corrected chi connectivity index (χ4v) is 1.71. The van der Waals surface area contributed by atoms with Crippen LogP contribution >= 0.6 is 0 Å². The second-order valence-electron chi connectivity index (χ2n) is 3.29. The van der Waals surface area contributed by atoms with Crippen molar-refractivity contribution in [3.8, 4) is 0 Å². The molecule has 0 spiro atoms.